The van der Waals surface area contributed by atoms with Gasteiger partial charge in [-0.1, -0.05) is 6.07 Å². The maximum absolute atomic E-state index is 9.51. The van der Waals surface area contributed by atoms with E-state index in [4.69, 9.17) is 5.73 Å². The fraction of sp³-hybridized carbons (Fsp3) is 0.174. The first kappa shape index (κ1) is 18.2. The highest BCUT2D eigenvalue weighted by Crippen LogP contribution is 2.30. The third kappa shape index (κ3) is 3.45. The summed E-state index contributed by atoms with van der Waals surface area (Å²) in [6.07, 6.45) is 3.36. The number of piperazine rings is 1. The summed E-state index contributed by atoms with van der Waals surface area (Å²) in [5.74, 6) is 1.74. The number of nitrogens with zero attached hydrogens (tertiary/aromatic N) is 5. The predicted molar refractivity (Wildman–Crippen MR) is 120 cm³/mol. The van der Waals surface area contributed by atoms with Crippen molar-refractivity contribution < 1.29 is 5.11 Å². The molecule has 3 N–H and O–H groups in total. The molecular formula is C23H22N6O. The zero-order valence-corrected chi connectivity index (χ0v) is 16.4. The van der Waals surface area contributed by atoms with Crippen LogP contribution in [0, 0.1) is 0 Å². The number of hydrogen-bond acceptors (Lipinski definition) is 7. The number of fused-ring (bicyclic) bond motifs is 1. The smallest absolute Gasteiger partial charge is 0.140 e. The number of hydrogen-bond donors (Lipinski definition) is 2. The van der Waals surface area contributed by atoms with E-state index in [0.717, 1.165) is 59.7 Å². The number of benzene rings is 2. The van der Waals surface area contributed by atoms with E-state index in [9.17, 15) is 5.11 Å². The van der Waals surface area contributed by atoms with Crippen molar-refractivity contribution in [3.8, 4) is 16.9 Å². The minimum Gasteiger partial charge on any atom is -0.508 e. The average molecular weight is 398 g/mol. The molecule has 0 aliphatic carbocycles. The number of nitrogen functional groups attached to an aromatic ring is 1. The average Bonchev–Trinajstić information content (AvgIpc) is 2.79. The maximum Gasteiger partial charge on any atom is 0.140 e. The summed E-state index contributed by atoms with van der Waals surface area (Å²) in [4.78, 5) is 17.8. The third-order valence-corrected chi connectivity index (χ3v) is 5.52. The van der Waals surface area contributed by atoms with E-state index in [0.29, 0.717) is 5.82 Å². The van der Waals surface area contributed by atoms with Gasteiger partial charge >= 0.3 is 0 Å². The van der Waals surface area contributed by atoms with Crippen LogP contribution in [0.15, 0.2) is 67.1 Å². The first-order valence-electron chi connectivity index (χ1n) is 9.93. The lowest BCUT2D eigenvalue weighted by Gasteiger charge is -2.37. The zero-order valence-electron chi connectivity index (χ0n) is 16.4. The molecule has 0 radical (unpaired) electrons. The number of nitrogens with two attached hydrogens (primary N) is 1. The van der Waals surface area contributed by atoms with Crippen LogP contribution in [0.4, 0.5) is 17.3 Å². The van der Waals surface area contributed by atoms with Crippen molar-refractivity contribution in [3.05, 3.63) is 67.1 Å². The van der Waals surface area contributed by atoms with Gasteiger partial charge in [-0.3, -0.25) is 0 Å². The molecule has 0 amide bonds. The van der Waals surface area contributed by atoms with Gasteiger partial charge < -0.3 is 20.6 Å². The molecule has 30 heavy (non-hydrogen) atoms. The van der Waals surface area contributed by atoms with Crippen LogP contribution in [-0.2, 0) is 0 Å². The number of anilines is 3. The Hall–Kier alpha value is -3.87. The lowest BCUT2D eigenvalue weighted by atomic mass is 10.0. The summed E-state index contributed by atoms with van der Waals surface area (Å²) in [7, 11) is 0. The third-order valence-electron chi connectivity index (χ3n) is 5.52. The van der Waals surface area contributed by atoms with E-state index in [1.54, 1.807) is 24.7 Å². The summed E-state index contributed by atoms with van der Waals surface area (Å²) in [5, 5.41) is 10.5. The van der Waals surface area contributed by atoms with E-state index in [1.165, 1.54) is 0 Å². The molecule has 150 valence electrons. The Morgan fingerprint density at radius 2 is 1.50 bits per heavy atom. The molecule has 3 heterocycles. The van der Waals surface area contributed by atoms with E-state index in [2.05, 4.69) is 36.9 Å². The first-order chi connectivity index (χ1) is 14.7. The molecule has 0 unspecified atom stereocenters. The van der Waals surface area contributed by atoms with Crippen molar-refractivity contribution in [2.24, 2.45) is 0 Å². The number of rotatable bonds is 3. The molecule has 1 aliphatic heterocycles. The summed E-state index contributed by atoms with van der Waals surface area (Å²) in [5.41, 5.74) is 10.00. The Balaban J connectivity index is 1.43. The molecule has 7 nitrogen and oxygen atoms in total. The molecular weight excluding hydrogens is 376 g/mol. The molecule has 1 aliphatic rings. The lowest BCUT2D eigenvalue weighted by molar-refractivity contribution is 0.475. The van der Waals surface area contributed by atoms with Crippen LogP contribution in [0.25, 0.3) is 22.0 Å². The van der Waals surface area contributed by atoms with Gasteiger partial charge in [-0.25, -0.2) is 15.0 Å². The summed E-state index contributed by atoms with van der Waals surface area (Å²) in [6, 6.07) is 17.4. The highest BCUT2D eigenvalue weighted by atomic mass is 16.3. The molecule has 2 aromatic carbocycles. The van der Waals surface area contributed by atoms with E-state index in [1.807, 2.05) is 30.3 Å². The SMILES string of the molecule is Nc1cc(-c2ccc3ncnc(N4CCN(c5ccc(O)cc5)CC4)c3c2)ccn1. The van der Waals surface area contributed by atoms with Crippen molar-refractivity contribution in [2.75, 3.05) is 41.7 Å². The number of aromatic nitrogens is 3. The monoisotopic (exact) mass is 398 g/mol. The van der Waals surface area contributed by atoms with E-state index >= 15 is 0 Å². The van der Waals surface area contributed by atoms with Crippen molar-refractivity contribution in [1.29, 1.82) is 0 Å². The van der Waals surface area contributed by atoms with Gasteiger partial charge in [0.1, 0.15) is 23.7 Å². The van der Waals surface area contributed by atoms with Gasteiger partial charge in [0.2, 0.25) is 0 Å². The number of pyridine rings is 1. The van der Waals surface area contributed by atoms with Crippen LogP contribution in [0.5, 0.6) is 5.75 Å². The van der Waals surface area contributed by atoms with Crippen molar-refractivity contribution >= 4 is 28.2 Å². The van der Waals surface area contributed by atoms with E-state index < -0.39 is 0 Å². The molecule has 2 aromatic heterocycles. The van der Waals surface area contributed by atoms with Crippen molar-refractivity contribution in [3.63, 3.8) is 0 Å². The minimum atomic E-state index is 0.289. The second-order valence-corrected chi connectivity index (χ2v) is 7.39. The lowest BCUT2D eigenvalue weighted by Crippen LogP contribution is -2.46. The normalized spacial score (nSPS) is 14.3. The fourth-order valence-corrected chi connectivity index (χ4v) is 3.94. The number of phenols is 1. The summed E-state index contributed by atoms with van der Waals surface area (Å²) >= 11 is 0. The summed E-state index contributed by atoms with van der Waals surface area (Å²) < 4.78 is 0. The van der Waals surface area contributed by atoms with Crippen LogP contribution < -0.4 is 15.5 Å². The molecule has 1 saturated heterocycles. The van der Waals surface area contributed by atoms with Crippen LogP contribution in [0.2, 0.25) is 0 Å². The first-order valence-corrected chi connectivity index (χ1v) is 9.93. The quantitative estimate of drug-likeness (QED) is 0.547. The minimum absolute atomic E-state index is 0.289. The Morgan fingerprint density at radius 3 is 2.27 bits per heavy atom. The van der Waals surface area contributed by atoms with Gasteiger partial charge in [0.05, 0.1) is 5.52 Å². The molecule has 5 rings (SSSR count). The fourth-order valence-electron chi connectivity index (χ4n) is 3.94. The topological polar surface area (TPSA) is 91.4 Å². The second kappa shape index (κ2) is 7.51. The molecule has 4 aromatic rings. The second-order valence-electron chi connectivity index (χ2n) is 7.39. The molecule has 1 fully saturated rings. The zero-order chi connectivity index (χ0) is 20.5. The maximum atomic E-state index is 9.51. The number of phenolic OH excluding ortho intramolecular Hbond substituents is 1. The van der Waals surface area contributed by atoms with Crippen molar-refractivity contribution in [2.45, 2.75) is 0 Å². The predicted octanol–water partition coefficient (Wildman–Crippen LogP) is 3.31. The van der Waals surface area contributed by atoms with E-state index in [-0.39, 0.29) is 5.75 Å². The van der Waals surface area contributed by atoms with Crippen LogP contribution in [-0.4, -0.2) is 46.2 Å². The largest absolute Gasteiger partial charge is 0.508 e. The van der Waals surface area contributed by atoms with Gasteiger partial charge in [0.25, 0.3) is 0 Å². The molecule has 0 atom stereocenters. The van der Waals surface area contributed by atoms with Crippen LogP contribution >= 0.6 is 0 Å². The van der Waals surface area contributed by atoms with Crippen LogP contribution in [0.3, 0.4) is 0 Å². The molecule has 0 bridgehead atoms. The Morgan fingerprint density at radius 1 is 0.767 bits per heavy atom. The summed E-state index contributed by atoms with van der Waals surface area (Å²) in [6.45, 7) is 3.49. The van der Waals surface area contributed by atoms with Gasteiger partial charge in [-0.05, 0) is 59.7 Å². The van der Waals surface area contributed by atoms with Gasteiger partial charge in [-0.15, -0.1) is 0 Å². The van der Waals surface area contributed by atoms with Crippen LogP contribution in [0.1, 0.15) is 0 Å². The molecule has 7 heteroatoms. The van der Waals surface area contributed by atoms with Gasteiger partial charge in [0, 0.05) is 43.4 Å². The van der Waals surface area contributed by atoms with Crippen molar-refractivity contribution in [1.82, 2.24) is 15.0 Å². The Labute approximate surface area is 174 Å². The van der Waals surface area contributed by atoms with Gasteiger partial charge in [-0.2, -0.15) is 0 Å². The number of aromatic hydroxyl groups is 1. The van der Waals surface area contributed by atoms with Gasteiger partial charge in [0.15, 0.2) is 0 Å². The Kier molecular flexibility index (Phi) is 4.55. The highest BCUT2D eigenvalue weighted by molar-refractivity contribution is 5.93. The Bertz CT molecular complexity index is 1190. The molecule has 0 saturated carbocycles. The molecule has 0 spiro atoms. The standard InChI is InChI=1S/C23H22N6O/c24-22-14-17(7-8-25-22)16-1-6-21-20(13-16)23(27-15-26-21)29-11-9-28(10-12-29)18-2-4-19(30)5-3-18/h1-8,13-15,30H,9-12H2,(H2,24,25). The highest BCUT2D eigenvalue weighted by Gasteiger charge is 2.20.